The number of hydrogen-bond acceptors (Lipinski definition) is 8. The van der Waals surface area contributed by atoms with E-state index < -0.39 is 0 Å². The summed E-state index contributed by atoms with van der Waals surface area (Å²) in [6, 6.07) is 12.7. The Morgan fingerprint density at radius 2 is 1.67 bits per heavy atom. The van der Waals surface area contributed by atoms with Crippen molar-refractivity contribution >= 4 is 16.9 Å². The summed E-state index contributed by atoms with van der Waals surface area (Å²) in [6.45, 7) is 4.71. The highest BCUT2D eigenvalue weighted by atomic mass is 16.5. The summed E-state index contributed by atoms with van der Waals surface area (Å²) in [4.78, 5) is 14.1. The Balaban J connectivity index is 1.24. The number of anilines is 1. The second kappa shape index (κ2) is 9.83. The summed E-state index contributed by atoms with van der Waals surface area (Å²) in [5, 5.41) is 8.77. The highest BCUT2D eigenvalue weighted by molar-refractivity contribution is 6.00. The molecule has 0 atom stereocenters. The van der Waals surface area contributed by atoms with Crippen LogP contribution in [0.3, 0.4) is 0 Å². The van der Waals surface area contributed by atoms with E-state index >= 15 is 0 Å². The first-order valence-corrected chi connectivity index (χ1v) is 12.8. The maximum atomic E-state index is 6.39. The van der Waals surface area contributed by atoms with E-state index in [1.165, 1.54) is 39.0 Å². The fourth-order valence-corrected chi connectivity index (χ4v) is 5.66. The lowest BCUT2D eigenvalue weighted by atomic mass is 9.89. The van der Waals surface area contributed by atoms with E-state index in [1.807, 2.05) is 24.3 Å². The van der Waals surface area contributed by atoms with Gasteiger partial charge in [-0.2, -0.15) is 5.10 Å². The third kappa shape index (κ3) is 4.52. The lowest BCUT2D eigenvalue weighted by Gasteiger charge is -2.41. The number of nitrogens with zero attached hydrogens (tertiary/aromatic N) is 7. The predicted molar refractivity (Wildman–Crippen MR) is 140 cm³/mol. The molecule has 2 fully saturated rings. The van der Waals surface area contributed by atoms with E-state index in [-0.39, 0.29) is 0 Å². The lowest BCUT2D eigenvalue weighted by Crippen LogP contribution is -2.49. The topological polar surface area (TPSA) is 98.2 Å². The molecule has 1 saturated carbocycles. The van der Waals surface area contributed by atoms with Crippen LogP contribution in [-0.2, 0) is 0 Å². The van der Waals surface area contributed by atoms with Gasteiger partial charge in [0.25, 0.3) is 0 Å². The van der Waals surface area contributed by atoms with Crippen LogP contribution in [0.15, 0.2) is 55.1 Å². The molecule has 6 rings (SSSR count). The fourth-order valence-electron chi connectivity index (χ4n) is 5.66. The molecule has 1 aromatic carbocycles. The second-order valence-electron chi connectivity index (χ2n) is 9.90. The van der Waals surface area contributed by atoms with Gasteiger partial charge in [-0.1, -0.05) is 12.1 Å². The Hall–Kier alpha value is -3.56. The van der Waals surface area contributed by atoms with Crippen LogP contribution in [0, 0.1) is 0 Å². The molecule has 3 aromatic heterocycles. The first-order chi connectivity index (χ1) is 17.7. The van der Waals surface area contributed by atoms with Crippen LogP contribution in [-0.4, -0.2) is 73.8 Å². The Morgan fingerprint density at radius 1 is 0.917 bits per heavy atom. The van der Waals surface area contributed by atoms with Gasteiger partial charge in [0.1, 0.15) is 23.5 Å². The Kier molecular flexibility index (Phi) is 6.25. The lowest BCUT2D eigenvalue weighted by molar-refractivity contribution is 0.0828. The number of hydrogen-bond donors (Lipinski definition) is 1. The molecule has 0 unspecified atom stereocenters. The van der Waals surface area contributed by atoms with E-state index in [1.54, 1.807) is 24.7 Å². The SMILES string of the molecule is CN1CCN([C@H]2CC[C@H](n3cc(-c4ccc(Oc5cccnn5)cc4)c4c(N)ncnc43)CC2)CC1. The number of benzene rings is 1. The van der Waals surface area contributed by atoms with Crippen molar-refractivity contribution in [2.24, 2.45) is 0 Å². The quantitative estimate of drug-likeness (QED) is 0.454. The molecule has 36 heavy (non-hydrogen) atoms. The molecule has 4 heterocycles. The minimum absolute atomic E-state index is 0.415. The van der Waals surface area contributed by atoms with E-state index in [2.05, 4.69) is 47.8 Å². The van der Waals surface area contributed by atoms with Gasteiger partial charge in [-0.3, -0.25) is 4.90 Å². The zero-order valence-electron chi connectivity index (χ0n) is 20.6. The fraction of sp³-hybridized carbons (Fsp3) is 0.407. The van der Waals surface area contributed by atoms with Gasteiger partial charge in [0.05, 0.1) is 5.39 Å². The number of rotatable bonds is 5. The third-order valence-electron chi connectivity index (χ3n) is 7.69. The van der Waals surface area contributed by atoms with Crippen LogP contribution in [0.4, 0.5) is 5.82 Å². The molecule has 9 nitrogen and oxygen atoms in total. The van der Waals surface area contributed by atoms with Crippen molar-refractivity contribution in [3.8, 4) is 22.8 Å². The highest BCUT2D eigenvalue weighted by Gasteiger charge is 2.29. The van der Waals surface area contributed by atoms with Gasteiger partial charge in [0.2, 0.25) is 5.88 Å². The summed E-state index contributed by atoms with van der Waals surface area (Å²) >= 11 is 0. The summed E-state index contributed by atoms with van der Waals surface area (Å²) in [5.41, 5.74) is 9.41. The minimum Gasteiger partial charge on any atom is -0.438 e. The zero-order chi connectivity index (χ0) is 24.5. The molecule has 9 heteroatoms. The second-order valence-corrected chi connectivity index (χ2v) is 9.90. The molecule has 1 aliphatic heterocycles. The molecule has 4 aromatic rings. The maximum absolute atomic E-state index is 6.39. The average Bonchev–Trinajstić information content (AvgIpc) is 3.31. The number of nitrogens with two attached hydrogens (primary N) is 1. The number of nitrogen functional groups attached to an aromatic ring is 1. The van der Waals surface area contributed by atoms with Crippen molar-refractivity contribution in [2.75, 3.05) is 39.0 Å². The van der Waals surface area contributed by atoms with Crippen molar-refractivity contribution in [2.45, 2.75) is 37.8 Å². The molecule has 2 aliphatic rings. The largest absolute Gasteiger partial charge is 0.438 e. The molecule has 1 aliphatic carbocycles. The normalized spacial score (nSPS) is 21.6. The van der Waals surface area contributed by atoms with Gasteiger partial charge in [-0.05, 0) is 56.5 Å². The molecule has 1 saturated heterocycles. The maximum Gasteiger partial charge on any atom is 0.238 e. The molecular weight excluding hydrogens is 452 g/mol. The van der Waals surface area contributed by atoms with Gasteiger partial charge in [0, 0.05) is 62.3 Å². The number of aromatic nitrogens is 5. The molecule has 186 valence electrons. The van der Waals surface area contributed by atoms with E-state index in [0.29, 0.717) is 29.5 Å². The smallest absolute Gasteiger partial charge is 0.238 e. The van der Waals surface area contributed by atoms with Crippen molar-refractivity contribution < 1.29 is 4.74 Å². The van der Waals surface area contributed by atoms with Gasteiger partial charge in [0.15, 0.2) is 0 Å². The molecule has 0 radical (unpaired) electrons. The number of fused-ring (bicyclic) bond motifs is 1. The summed E-state index contributed by atoms with van der Waals surface area (Å²) < 4.78 is 8.15. The molecule has 0 spiro atoms. The Labute approximate surface area is 210 Å². The van der Waals surface area contributed by atoms with E-state index in [9.17, 15) is 0 Å². The summed E-state index contributed by atoms with van der Waals surface area (Å²) in [6.07, 6.45) is 10.2. The minimum atomic E-state index is 0.415. The number of ether oxygens (including phenoxy) is 1. The first kappa shape index (κ1) is 22.9. The van der Waals surface area contributed by atoms with Gasteiger partial charge in [-0.15, -0.1) is 5.10 Å². The number of piperazine rings is 1. The van der Waals surface area contributed by atoms with Crippen LogP contribution >= 0.6 is 0 Å². The molecule has 2 N–H and O–H groups in total. The monoisotopic (exact) mass is 484 g/mol. The standard InChI is InChI=1S/C27H32N8O/c1-33-13-15-34(16-14-33)20-6-8-21(9-7-20)35-17-23(25-26(28)29-18-30-27(25)35)19-4-10-22(11-5-19)36-24-3-2-12-31-32-24/h2-5,10-12,17-18,20-21H,6-9,13-16H2,1H3,(H2,28,29,30)/t20-,21-. The van der Waals surface area contributed by atoms with Crippen LogP contribution in [0.5, 0.6) is 11.6 Å². The first-order valence-electron chi connectivity index (χ1n) is 12.8. The Morgan fingerprint density at radius 3 is 2.39 bits per heavy atom. The van der Waals surface area contributed by atoms with Crippen molar-refractivity contribution in [3.05, 3.63) is 55.1 Å². The summed E-state index contributed by atoms with van der Waals surface area (Å²) in [7, 11) is 2.22. The Bertz CT molecular complexity index is 1310. The van der Waals surface area contributed by atoms with Crippen molar-refractivity contribution in [3.63, 3.8) is 0 Å². The number of likely N-dealkylation sites (N-methyl/N-ethyl adjacent to an activating group) is 1. The third-order valence-corrected chi connectivity index (χ3v) is 7.69. The van der Waals surface area contributed by atoms with Crippen molar-refractivity contribution in [1.82, 2.24) is 34.5 Å². The van der Waals surface area contributed by atoms with Crippen LogP contribution in [0.2, 0.25) is 0 Å². The molecular formula is C27H32N8O. The van der Waals surface area contributed by atoms with Crippen LogP contribution in [0.25, 0.3) is 22.2 Å². The zero-order valence-corrected chi connectivity index (χ0v) is 20.6. The highest BCUT2D eigenvalue weighted by Crippen LogP contribution is 2.39. The average molecular weight is 485 g/mol. The van der Waals surface area contributed by atoms with Crippen LogP contribution < -0.4 is 10.5 Å². The molecule has 0 amide bonds. The van der Waals surface area contributed by atoms with E-state index in [0.717, 1.165) is 35.0 Å². The predicted octanol–water partition coefficient (Wildman–Crippen LogP) is 3.99. The van der Waals surface area contributed by atoms with Gasteiger partial charge in [-0.25, -0.2) is 9.97 Å². The van der Waals surface area contributed by atoms with E-state index in [4.69, 9.17) is 10.5 Å². The molecule has 0 bridgehead atoms. The van der Waals surface area contributed by atoms with Crippen molar-refractivity contribution in [1.29, 1.82) is 0 Å². The van der Waals surface area contributed by atoms with Gasteiger partial charge < -0.3 is 19.9 Å². The van der Waals surface area contributed by atoms with Crippen LogP contribution in [0.1, 0.15) is 31.7 Å². The summed E-state index contributed by atoms with van der Waals surface area (Å²) in [5.74, 6) is 1.68. The van der Waals surface area contributed by atoms with Gasteiger partial charge >= 0.3 is 0 Å².